The predicted octanol–water partition coefficient (Wildman–Crippen LogP) is 2.00. The molecule has 0 bridgehead atoms. The molecule has 1 aliphatic carbocycles. The fraction of sp³-hybridized carbons (Fsp3) is 0.950. The Morgan fingerprint density at radius 3 is 2.57 bits per heavy atom. The largest absolute Gasteiger partial charge is 0.379 e. The molecule has 0 radical (unpaired) electrons. The number of morpholine rings is 1. The summed E-state index contributed by atoms with van der Waals surface area (Å²) in [4.78, 5) is 7.07. The van der Waals surface area contributed by atoms with E-state index >= 15 is 0 Å². The predicted molar refractivity (Wildman–Crippen MR) is 123 cm³/mol. The van der Waals surface area contributed by atoms with Crippen molar-refractivity contribution in [2.75, 3.05) is 66.3 Å². The molecule has 0 aromatic heterocycles. The first kappa shape index (κ1) is 24.1. The quantitative estimate of drug-likeness (QED) is 0.226. The van der Waals surface area contributed by atoms with Crippen LogP contribution in [0.4, 0.5) is 0 Å². The molecule has 1 saturated carbocycles. The van der Waals surface area contributed by atoms with Gasteiger partial charge >= 0.3 is 0 Å². The molecule has 1 atom stereocenters. The fourth-order valence-corrected chi connectivity index (χ4v) is 4.49. The van der Waals surface area contributed by atoms with Crippen LogP contribution >= 0.6 is 24.0 Å². The first-order valence-corrected chi connectivity index (χ1v) is 10.8. The molecule has 2 aliphatic heterocycles. The fourth-order valence-electron chi connectivity index (χ4n) is 4.49. The molecule has 2 saturated heterocycles. The van der Waals surface area contributed by atoms with Gasteiger partial charge in [0, 0.05) is 52.0 Å². The lowest BCUT2D eigenvalue weighted by atomic mass is 9.80. The molecule has 8 heteroatoms. The van der Waals surface area contributed by atoms with Gasteiger partial charge in [-0.05, 0) is 25.7 Å². The first-order chi connectivity index (χ1) is 13.3. The highest BCUT2D eigenvalue weighted by Crippen LogP contribution is 2.33. The van der Waals surface area contributed by atoms with Gasteiger partial charge in [-0.2, -0.15) is 0 Å². The number of hydrogen-bond acceptors (Lipinski definition) is 5. The Labute approximate surface area is 187 Å². The molecule has 2 N–H and O–H groups in total. The Hall–Kier alpha value is -0.160. The van der Waals surface area contributed by atoms with E-state index in [1.54, 1.807) is 0 Å². The Balaban J connectivity index is 0.00000280. The highest BCUT2D eigenvalue weighted by molar-refractivity contribution is 14.0. The van der Waals surface area contributed by atoms with Gasteiger partial charge in [0.2, 0.25) is 0 Å². The minimum atomic E-state index is 0. The number of ether oxygens (including phenoxy) is 3. The second-order valence-electron chi connectivity index (χ2n) is 7.95. The lowest BCUT2D eigenvalue weighted by Gasteiger charge is -2.48. The molecule has 0 aromatic carbocycles. The summed E-state index contributed by atoms with van der Waals surface area (Å²) in [6.07, 6.45) is 8.86. The summed E-state index contributed by atoms with van der Waals surface area (Å²) in [5.41, 5.74) is 0.255. The standard InChI is InChI=1S/C20H38N4O3.HI/c1-21-19(22-9-5-12-27-18-6-13-26-16-18)23-17-20(7-3-2-4-8-20)24-10-14-25-15-11-24;/h18H,2-17H2,1H3,(H2,21,22,23);1H. The van der Waals surface area contributed by atoms with Crippen molar-refractivity contribution in [2.45, 2.75) is 56.6 Å². The van der Waals surface area contributed by atoms with E-state index in [1.165, 1.54) is 32.1 Å². The van der Waals surface area contributed by atoms with Gasteiger partial charge in [-0.15, -0.1) is 24.0 Å². The highest BCUT2D eigenvalue weighted by atomic mass is 127. The molecule has 28 heavy (non-hydrogen) atoms. The number of hydrogen-bond donors (Lipinski definition) is 2. The van der Waals surface area contributed by atoms with Crippen LogP contribution in [-0.4, -0.2) is 88.8 Å². The number of halogens is 1. The Kier molecular flexibility index (Phi) is 11.4. The van der Waals surface area contributed by atoms with Crippen LogP contribution in [0, 0.1) is 0 Å². The maximum Gasteiger partial charge on any atom is 0.191 e. The highest BCUT2D eigenvalue weighted by Gasteiger charge is 2.38. The van der Waals surface area contributed by atoms with Gasteiger partial charge in [0.25, 0.3) is 0 Å². The van der Waals surface area contributed by atoms with Crippen molar-refractivity contribution in [3.63, 3.8) is 0 Å². The van der Waals surface area contributed by atoms with E-state index < -0.39 is 0 Å². The average Bonchev–Trinajstić information content (AvgIpc) is 3.25. The number of aliphatic imine (C=N–C) groups is 1. The molecule has 2 heterocycles. The van der Waals surface area contributed by atoms with Crippen LogP contribution in [0.2, 0.25) is 0 Å². The second-order valence-corrected chi connectivity index (χ2v) is 7.95. The SMILES string of the molecule is CN=C(NCCCOC1CCOC1)NCC1(N2CCOCC2)CCCCC1.I. The van der Waals surface area contributed by atoms with Crippen molar-refractivity contribution in [1.29, 1.82) is 0 Å². The molecule has 0 amide bonds. The van der Waals surface area contributed by atoms with Gasteiger partial charge in [-0.3, -0.25) is 9.89 Å². The zero-order chi connectivity index (χ0) is 18.8. The van der Waals surface area contributed by atoms with E-state index in [9.17, 15) is 0 Å². The summed E-state index contributed by atoms with van der Waals surface area (Å²) >= 11 is 0. The van der Waals surface area contributed by atoms with Gasteiger partial charge in [-0.1, -0.05) is 19.3 Å². The van der Waals surface area contributed by atoms with Gasteiger partial charge in [0.15, 0.2) is 5.96 Å². The van der Waals surface area contributed by atoms with Crippen LogP contribution in [0.25, 0.3) is 0 Å². The number of rotatable bonds is 8. The smallest absolute Gasteiger partial charge is 0.191 e. The summed E-state index contributed by atoms with van der Waals surface area (Å²) in [5, 5.41) is 7.04. The van der Waals surface area contributed by atoms with Crippen molar-refractivity contribution in [3.05, 3.63) is 0 Å². The number of nitrogens with zero attached hydrogens (tertiary/aromatic N) is 2. The number of guanidine groups is 1. The zero-order valence-corrected chi connectivity index (χ0v) is 19.7. The minimum absolute atomic E-state index is 0. The lowest BCUT2D eigenvalue weighted by Crippen LogP contribution is -2.60. The van der Waals surface area contributed by atoms with E-state index in [-0.39, 0.29) is 29.5 Å². The number of nitrogens with one attached hydrogen (secondary N) is 2. The Morgan fingerprint density at radius 1 is 1.11 bits per heavy atom. The van der Waals surface area contributed by atoms with Gasteiger partial charge in [-0.25, -0.2) is 0 Å². The van der Waals surface area contributed by atoms with Crippen molar-refractivity contribution in [2.24, 2.45) is 4.99 Å². The van der Waals surface area contributed by atoms with Crippen LogP contribution in [0.5, 0.6) is 0 Å². The Morgan fingerprint density at radius 2 is 1.89 bits per heavy atom. The minimum Gasteiger partial charge on any atom is -0.379 e. The summed E-state index contributed by atoms with van der Waals surface area (Å²) in [5.74, 6) is 0.900. The summed E-state index contributed by atoms with van der Waals surface area (Å²) < 4.78 is 16.7. The molecule has 164 valence electrons. The molecule has 3 rings (SSSR count). The summed E-state index contributed by atoms with van der Waals surface area (Å²) in [6, 6.07) is 0. The third-order valence-corrected chi connectivity index (χ3v) is 6.13. The molecule has 1 unspecified atom stereocenters. The molecular formula is C20H39IN4O3. The van der Waals surface area contributed by atoms with Crippen LogP contribution in [-0.2, 0) is 14.2 Å². The zero-order valence-electron chi connectivity index (χ0n) is 17.4. The van der Waals surface area contributed by atoms with Crippen molar-refractivity contribution < 1.29 is 14.2 Å². The molecule has 0 aromatic rings. The second kappa shape index (κ2) is 13.2. The molecule has 7 nitrogen and oxygen atoms in total. The van der Waals surface area contributed by atoms with Crippen molar-refractivity contribution in [1.82, 2.24) is 15.5 Å². The van der Waals surface area contributed by atoms with E-state index in [0.29, 0.717) is 6.10 Å². The summed E-state index contributed by atoms with van der Waals surface area (Å²) in [7, 11) is 1.85. The normalized spacial score (nSPS) is 25.9. The van der Waals surface area contributed by atoms with Gasteiger partial charge < -0.3 is 24.8 Å². The average molecular weight is 510 g/mol. The third kappa shape index (κ3) is 7.27. The maximum absolute atomic E-state index is 5.83. The lowest BCUT2D eigenvalue weighted by molar-refractivity contribution is -0.0352. The topological polar surface area (TPSA) is 67.4 Å². The van der Waals surface area contributed by atoms with Crippen LogP contribution < -0.4 is 10.6 Å². The Bertz CT molecular complexity index is 449. The van der Waals surface area contributed by atoms with Crippen LogP contribution in [0.15, 0.2) is 4.99 Å². The third-order valence-electron chi connectivity index (χ3n) is 6.13. The maximum atomic E-state index is 5.83. The van der Waals surface area contributed by atoms with E-state index in [0.717, 1.165) is 78.0 Å². The molecule has 0 spiro atoms. The first-order valence-electron chi connectivity index (χ1n) is 10.8. The molecule has 3 fully saturated rings. The van der Waals surface area contributed by atoms with Gasteiger partial charge in [0.05, 0.1) is 25.9 Å². The van der Waals surface area contributed by atoms with E-state index in [2.05, 4.69) is 20.5 Å². The monoisotopic (exact) mass is 510 g/mol. The van der Waals surface area contributed by atoms with Crippen LogP contribution in [0.1, 0.15) is 44.9 Å². The molecular weight excluding hydrogens is 471 g/mol. The summed E-state index contributed by atoms with van der Waals surface area (Å²) in [6.45, 7) is 8.02. The van der Waals surface area contributed by atoms with Crippen molar-refractivity contribution >= 4 is 29.9 Å². The molecule has 3 aliphatic rings. The van der Waals surface area contributed by atoms with Crippen LogP contribution in [0.3, 0.4) is 0 Å². The van der Waals surface area contributed by atoms with Gasteiger partial charge in [0.1, 0.15) is 0 Å². The van der Waals surface area contributed by atoms with E-state index in [1.807, 2.05) is 7.05 Å². The van der Waals surface area contributed by atoms with E-state index in [4.69, 9.17) is 14.2 Å². The van der Waals surface area contributed by atoms with Crippen molar-refractivity contribution in [3.8, 4) is 0 Å².